The van der Waals surface area contributed by atoms with Crippen LogP contribution >= 0.6 is 0 Å². The van der Waals surface area contributed by atoms with Crippen LogP contribution in [0.25, 0.3) is 11.2 Å². The number of aromatic nitrogens is 3. The van der Waals surface area contributed by atoms with E-state index in [9.17, 15) is 22.0 Å². The Morgan fingerprint density at radius 2 is 1.90 bits per heavy atom. The first-order valence-electron chi connectivity index (χ1n) is 13.8. The van der Waals surface area contributed by atoms with Crippen LogP contribution in [0, 0.1) is 5.92 Å². The number of carbonyl (C=O) groups excluding carboxylic acids is 1. The number of anilines is 3. The Bertz CT molecular complexity index is 1560. The van der Waals surface area contributed by atoms with Gasteiger partial charge in [-0.2, -0.15) is 0 Å². The first kappa shape index (κ1) is 27.1. The zero-order valence-corrected chi connectivity index (χ0v) is 23.4. The summed E-state index contributed by atoms with van der Waals surface area (Å²) in [5, 5.41) is 3.28. The summed E-state index contributed by atoms with van der Waals surface area (Å²) in [6.07, 6.45) is 3.73. The van der Waals surface area contributed by atoms with Crippen LogP contribution in [-0.2, 0) is 26.0 Å². The molecule has 9 nitrogen and oxygen atoms in total. The number of carbonyl (C=O) groups is 1. The molecule has 0 amide bonds. The second-order valence-electron chi connectivity index (χ2n) is 11.1. The van der Waals surface area contributed by atoms with Crippen molar-refractivity contribution in [2.75, 3.05) is 29.5 Å². The Labute approximate surface area is 232 Å². The van der Waals surface area contributed by atoms with Crippen LogP contribution < -0.4 is 9.62 Å². The minimum Gasteiger partial charge on any atom is -0.358 e. The molecule has 2 aromatic heterocycles. The maximum atomic E-state index is 14.3. The largest absolute Gasteiger partial charge is 0.358 e. The first-order chi connectivity index (χ1) is 19.1. The van der Waals surface area contributed by atoms with Crippen molar-refractivity contribution in [2.45, 2.75) is 69.9 Å². The number of fused-ring (bicyclic) bond motifs is 1. The van der Waals surface area contributed by atoms with Gasteiger partial charge in [0.05, 0.1) is 29.0 Å². The number of alkyl halides is 2. The lowest BCUT2D eigenvalue weighted by Gasteiger charge is -2.25. The molecule has 3 aliphatic rings. The number of Topliss-reactive ketones (excluding diaryl/α,β-unsaturated/α-hetero) is 1. The highest BCUT2D eigenvalue weighted by atomic mass is 32.2. The number of benzene rings is 1. The second kappa shape index (κ2) is 10.4. The van der Waals surface area contributed by atoms with Crippen molar-refractivity contribution in [1.29, 1.82) is 0 Å². The smallest absolute Gasteiger partial charge is 0.295 e. The Morgan fingerprint density at radius 3 is 2.52 bits per heavy atom. The summed E-state index contributed by atoms with van der Waals surface area (Å²) in [5.74, 6) is 0.0363. The molecule has 2 aliphatic carbocycles. The topological polar surface area (TPSA) is 106 Å². The van der Waals surface area contributed by atoms with Crippen LogP contribution in [0.5, 0.6) is 0 Å². The first-order valence-corrected chi connectivity index (χ1v) is 15.6. The van der Waals surface area contributed by atoms with Gasteiger partial charge in [-0.25, -0.2) is 27.2 Å². The molecule has 3 fully saturated rings. The molecule has 214 valence electrons. The number of pyridine rings is 1. The molecule has 3 heterocycles. The molecule has 1 atom stereocenters. The predicted octanol–water partition coefficient (Wildman–Crippen LogP) is 5.61. The van der Waals surface area contributed by atoms with E-state index in [1.54, 1.807) is 12.1 Å². The highest BCUT2D eigenvalue weighted by molar-refractivity contribution is 7.92. The van der Waals surface area contributed by atoms with Gasteiger partial charge in [-0.05, 0) is 74.6 Å². The third kappa shape index (κ3) is 5.43. The normalized spacial score (nSPS) is 19.8. The maximum Gasteiger partial charge on any atom is 0.295 e. The number of hydrogen-bond donors (Lipinski definition) is 1. The van der Waals surface area contributed by atoms with E-state index in [0.717, 1.165) is 50.3 Å². The third-order valence-electron chi connectivity index (χ3n) is 7.93. The molecular formula is C28H33F2N5O4S. The van der Waals surface area contributed by atoms with Crippen molar-refractivity contribution in [1.82, 2.24) is 14.5 Å². The summed E-state index contributed by atoms with van der Waals surface area (Å²) in [6.45, 7) is 0.451. The summed E-state index contributed by atoms with van der Waals surface area (Å²) < 4.78 is 62.1. The van der Waals surface area contributed by atoms with Crippen LogP contribution in [0.4, 0.5) is 25.8 Å². The molecule has 40 heavy (non-hydrogen) atoms. The third-order valence-corrected chi connectivity index (χ3v) is 9.12. The summed E-state index contributed by atoms with van der Waals surface area (Å²) in [5.41, 5.74) is 3.22. The fourth-order valence-corrected chi connectivity index (χ4v) is 5.83. The van der Waals surface area contributed by atoms with Crippen LogP contribution in [0.1, 0.15) is 80.6 Å². The van der Waals surface area contributed by atoms with E-state index >= 15 is 0 Å². The molecule has 1 N–H and O–H groups in total. The number of ketones is 1. The van der Waals surface area contributed by atoms with Gasteiger partial charge in [-0.3, -0.25) is 13.7 Å². The van der Waals surface area contributed by atoms with Gasteiger partial charge in [0.1, 0.15) is 17.5 Å². The highest BCUT2D eigenvalue weighted by Crippen LogP contribution is 2.44. The molecular weight excluding hydrogens is 540 g/mol. The highest BCUT2D eigenvalue weighted by Gasteiger charge is 2.32. The molecule has 1 aromatic carbocycles. The van der Waals surface area contributed by atoms with E-state index in [1.807, 2.05) is 12.1 Å². The van der Waals surface area contributed by atoms with Gasteiger partial charge in [-0.1, -0.05) is 6.07 Å². The zero-order chi connectivity index (χ0) is 28.2. The number of nitrogens with zero attached hydrogens (tertiary/aromatic N) is 4. The van der Waals surface area contributed by atoms with Crippen molar-refractivity contribution in [3.05, 3.63) is 41.3 Å². The van der Waals surface area contributed by atoms with Gasteiger partial charge >= 0.3 is 0 Å². The van der Waals surface area contributed by atoms with Crippen molar-refractivity contribution in [3.8, 4) is 0 Å². The van der Waals surface area contributed by atoms with Gasteiger partial charge in [0.2, 0.25) is 10.0 Å². The Hall–Kier alpha value is -3.12. The monoisotopic (exact) mass is 573 g/mol. The maximum absolute atomic E-state index is 14.3. The molecule has 3 aromatic rings. The summed E-state index contributed by atoms with van der Waals surface area (Å²) in [7, 11) is -2.10. The van der Waals surface area contributed by atoms with Crippen molar-refractivity contribution < 1.29 is 26.7 Å². The predicted molar refractivity (Wildman–Crippen MR) is 148 cm³/mol. The number of rotatable bonds is 10. The van der Waals surface area contributed by atoms with E-state index < -0.39 is 28.5 Å². The molecule has 0 bridgehead atoms. The van der Waals surface area contributed by atoms with Crippen LogP contribution in [0.3, 0.4) is 0 Å². The molecule has 0 spiro atoms. The van der Waals surface area contributed by atoms with Gasteiger partial charge in [0, 0.05) is 26.0 Å². The van der Waals surface area contributed by atoms with E-state index in [4.69, 9.17) is 4.74 Å². The van der Waals surface area contributed by atoms with Gasteiger partial charge in [0.25, 0.3) is 6.43 Å². The lowest BCUT2D eigenvalue weighted by atomic mass is 10.1. The molecule has 1 aliphatic heterocycles. The average Bonchev–Trinajstić information content (AvgIpc) is 3.84. The van der Waals surface area contributed by atoms with Crippen LogP contribution in [0.15, 0.2) is 24.3 Å². The zero-order valence-electron chi connectivity index (χ0n) is 22.6. The van der Waals surface area contributed by atoms with Crippen LogP contribution in [-0.4, -0.2) is 48.6 Å². The second-order valence-corrected chi connectivity index (χ2v) is 13.1. The van der Waals surface area contributed by atoms with Gasteiger partial charge in [-0.15, -0.1) is 0 Å². The van der Waals surface area contributed by atoms with E-state index in [1.165, 1.54) is 15.9 Å². The molecule has 1 saturated heterocycles. The number of ether oxygens (including phenoxy) is 1. The van der Waals surface area contributed by atoms with Crippen molar-refractivity contribution >= 4 is 44.0 Å². The van der Waals surface area contributed by atoms with Crippen molar-refractivity contribution in [3.63, 3.8) is 0 Å². The molecule has 6 rings (SSSR count). The van der Waals surface area contributed by atoms with E-state index in [0.29, 0.717) is 41.7 Å². The van der Waals surface area contributed by atoms with Crippen molar-refractivity contribution in [2.24, 2.45) is 5.92 Å². The number of nitrogens with one attached hydrogen (secondary N) is 1. The summed E-state index contributed by atoms with van der Waals surface area (Å²) in [6, 6.07) is 7.28. The average molecular weight is 574 g/mol. The Balaban J connectivity index is 1.49. The standard InChI is InChI=1S/C28H33F2N5O4S/c1-34(40(2,37)38)22-13-18(16-6-7-16)10-11-20(22)32-21-14-19(15-23(36)17-8-9-17)31-27-25(21)33-28(26(29)30)35(27)24-5-3-4-12-39-24/h10-11,13-14,16-17,24,26H,3-9,12,15H2,1-2H3,(H,31,32). The number of halogens is 2. The minimum absolute atomic E-state index is 0.0158. The summed E-state index contributed by atoms with van der Waals surface area (Å²) >= 11 is 0. The van der Waals surface area contributed by atoms with Crippen LogP contribution in [0.2, 0.25) is 0 Å². The molecule has 1 unspecified atom stereocenters. The van der Waals surface area contributed by atoms with Gasteiger partial charge in [0.15, 0.2) is 11.5 Å². The summed E-state index contributed by atoms with van der Waals surface area (Å²) in [4.78, 5) is 21.7. The number of sulfonamides is 1. The number of hydrogen-bond acceptors (Lipinski definition) is 7. The molecule has 2 saturated carbocycles. The fraction of sp³-hybridized carbons (Fsp3) is 0.536. The molecule has 12 heteroatoms. The quantitative estimate of drug-likeness (QED) is 0.336. The van der Waals surface area contributed by atoms with Gasteiger partial charge < -0.3 is 10.1 Å². The lowest BCUT2D eigenvalue weighted by Crippen LogP contribution is -2.25. The van der Waals surface area contributed by atoms with E-state index in [2.05, 4.69) is 15.3 Å². The van der Waals surface area contributed by atoms with E-state index in [-0.39, 0.29) is 29.3 Å². The fourth-order valence-electron chi connectivity index (χ4n) is 5.32. The SMILES string of the molecule is CN(c1cc(C2CC2)ccc1Nc1cc(CC(=O)C2CC2)nc2c1nc(C(F)F)n2C1CCCCO1)S(C)(=O)=O. The minimum atomic E-state index is -3.59. The Morgan fingerprint density at radius 1 is 1.12 bits per heavy atom. The Kier molecular flexibility index (Phi) is 7.02. The number of imidazole rings is 1. The molecule has 0 radical (unpaired) electrons. The lowest BCUT2D eigenvalue weighted by molar-refractivity contribution is -0.119.